The van der Waals surface area contributed by atoms with Crippen LogP contribution < -0.4 is 5.32 Å². The van der Waals surface area contributed by atoms with Crippen molar-refractivity contribution in [1.29, 1.82) is 0 Å². The van der Waals surface area contributed by atoms with Crippen molar-refractivity contribution in [2.45, 2.75) is 20.3 Å². The standard InChI is InChI=1S/C13H13ClN4O/c1-3-10-9(7-8(2)17-18-10)13(19)16-11-5-4-6-15-12(11)14/h4-7H,3H2,1-2H3,(H,16,19). The first-order chi connectivity index (χ1) is 9.11. The Balaban J connectivity index is 2.30. The lowest BCUT2D eigenvalue weighted by Crippen LogP contribution is -2.16. The number of halogens is 1. The Labute approximate surface area is 116 Å². The summed E-state index contributed by atoms with van der Waals surface area (Å²) in [6, 6.07) is 5.12. The molecule has 2 aromatic rings. The minimum absolute atomic E-state index is 0.257. The molecule has 2 aromatic heterocycles. The Morgan fingerprint density at radius 3 is 2.89 bits per heavy atom. The summed E-state index contributed by atoms with van der Waals surface area (Å²) in [5.41, 5.74) is 2.34. The zero-order chi connectivity index (χ0) is 13.8. The molecule has 0 radical (unpaired) electrons. The second-order valence-electron chi connectivity index (χ2n) is 4.00. The van der Waals surface area contributed by atoms with Crippen LogP contribution in [0.25, 0.3) is 0 Å². The molecule has 6 heteroatoms. The molecule has 0 aromatic carbocycles. The lowest BCUT2D eigenvalue weighted by molar-refractivity contribution is 0.102. The van der Waals surface area contributed by atoms with Crippen molar-refractivity contribution < 1.29 is 4.79 Å². The van der Waals surface area contributed by atoms with Crippen LogP contribution in [0.15, 0.2) is 24.4 Å². The lowest BCUT2D eigenvalue weighted by Gasteiger charge is -2.09. The fourth-order valence-electron chi connectivity index (χ4n) is 1.64. The van der Waals surface area contributed by atoms with E-state index in [0.29, 0.717) is 29.1 Å². The molecule has 5 nitrogen and oxygen atoms in total. The monoisotopic (exact) mass is 276 g/mol. The van der Waals surface area contributed by atoms with Gasteiger partial charge in [-0.15, -0.1) is 0 Å². The third kappa shape index (κ3) is 3.06. The van der Waals surface area contributed by atoms with Crippen molar-refractivity contribution in [1.82, 2.24) is 15.2 Å². The molecule has 0 unspecified atom stereocenters. The number of aryl methyl sites for hydroxylation is 2. The Morgan fingerprint density at radius 1 is 1.42 bits per heavy atom. The van der Waals surface area contributed by atoms with Crippen LogP contribution in [0, 0.1) is 6.92 Å². The van der Waals surface area contributed by atoms with E-state index >= 15 is 0 Å². The topological polar surface area (TPSA) is 67.8 Å². The van der Waals surface area contributed by atoms with Crippen LogP contribution in [0.1, 0.15) is 28.7 Å². The molecule has 0 spiro atoms. The molecular formula is C13H13ClN4O. The van der Waals surface area contributed by atoms with E-state index in [0.717, 1.165) is 0 Å². The molecule has 19 heavy (non-hydrogen) atoms. The molecule has 0 aliphatic heterocycles. The number of hydrogen-bond acceptors (Lipinski definition) is 4. The van der Waals surface area contributed by atoms with Crippen molar-refractivity contribution in [2.24, 2.45) is 0 Å². The van der Waals surface area contributed by atoms with Gasteiger partial charge in [-0.05, 0) is 31.5 Å². The molecule has 0 saturated carbocycles. The van der Waals surface area contributed by atoms with Crippen molar-refractivity contribution >= 4 is 23.2 Å². The predicted molar refractivity (Wildman–Crippen MR) is 73.3 cm³/mol. The van der Waals surface area contributed by atoms with Gasteiger partial charge in [-0.1, -0.05) is 18.5 Å². The normalized spacial score (nSPS) is 10.3. The third-order valence-corrected chi connectivity index (χ3v) is 2.88. The van der Waals surface area contributed by atoms with E-state index in [1.165, 1.54) is 0 Å². The molecule has 2 heterocycles. The quantitative estimate of drug-likeness (QED) is 0.875. The van der Waals surface area contributed by atoms with Gasteiger partial charge in [0.2, 0.25) is 0 Å². The van der Waals surface area contributed by atoms with Gasteiger partial charge in [-0.25, -0.2) is 4.98 Å². The molecule has 0 saturated heterocycles. The van der Waals surface area contributed by atoms with Crippen molar-refractivity contribution in [3.63, 3.8) is 0 Å². The van der Waals surface area contributed by atoms with E-state index in [-0.39, 0.29) is 11.1 Å². The first-order valence-electron chi connectivity index (χ1n) is 5.87. The van der Waals surface area contributed by atoms with Crippen LogP contribution in [-0.4, -0.2) is 21.1 Å². The van der Waals surface area contributed by atoms with Crippen LogP contribution in [0.2, 0.25) is 5.15 Å². The smallest absolute Gasteiger partial charge is 0.257 e. The van der Waals surface area contributed by atoms with Gasteiger partial charge in [0, 0.05) is 6.20 Å². The van der Waals surface area contributed by atoms with E-state index in [1.54, 1.807) is 31.3 Å². The average molecular weight is 277 g/mol. The highest BCUT2D eigenvalue weighted by Crippen LogP contribution is 2.19. The van der Waals surface area contributed by atoms with E-state index in [4.69, 9.17) is 11.6 Å². The second kappa shape index (κ2) is 5.75. The number of carbonyl (C=O) groups excluding carboxylic acids is 1. The highest BCUT2D eigenvalue weighted by atomic mass is 35.5. The number of nitrogens with zero attached hydrogens (tertiary/aromatic N) is 3. The Kier molecular flexibility index (Phi) is 4.06. The zero-order valence-corrected chi connectivity index (χ0v) is 11.4. The summed E-state index contributed by atoms with van der Waals surface area (Å²) < 4.78 is 0. The van der Waals surface area contributed by atoms with Gasteiger partial charge in [-0.3, -0.25) is 4.79 Å². The van der Waals surface area contributed by atoms with E-state index in [9.17, 15) is 4.79 Å². The maximum Gasteiger partial charge on any atom is 0.257 e. The van der Waals surface area contributed by atoms with E-state index in [2.05, 4.69) is 20.5 Å². The van der Waals surface area contributed by atoms with Crippen LogP contribution in [0.3, 0.4) is 0 Å². The molecule has 1 amide bonds. The fourth-order valence-corrected chi connectivity index (χ4v) is 1.81. The van der Waals surface area contributed by atoms with E-state index < -0.39 is 0 Å². The number of rotatable bonds is 3. The minimum atomic E-state index is -0.259. The Bertz CT molecular complexity index is 615. The van der Waals surface area contributed by atoms with Gasteiger partial charge in [0.25, 0.3) is 5.91 Å². The van der Waals surface area contributed by atoms with Crippen molar-refractivity contribution in [3.8, 4) is 0 Å². The molecule has 0 aliphatic carbocycles. The largest absolute Gasteiger partial charge is 0.319 e. The molecule has 1 N–H and O–H groups in total. The minimum Gasteiger partial charge on any atom is -0.319 e. The molecule has 2 rings (SSSR count). The maximum absolute atomic E-state index is 12.2. The van der Waals surface area contributed by atoms with Gasteiger partial charge < -0.3 is 5.32 Å². The number of amides is 1. The van der Waals surface area contributed by atoms with Gasteiger partial charge in [0.05, 0.1) is 22.6 Å². The summed E-state index contributed by atoms with van der Waals surface area (Å²) in [7, 11) is 0. The first kappa shape index (κ1) is 13.4. The summed E-state index contributed by atoms with van der Waals surface area (Å²) >= 11 is 5.91. The SMILES string of the molecule is CCc1nnc(C)cc1C(=O)Nc1cccnc1Cl. The van der Waals surface area contributed by atoms with Crippen LogP contribution >= 0.6 is 11.6 Å². The molecule has 98 valence electrons. The Hall–Kier alpha value is -2.01. The highest BCUT2D eigenvalue weighted by molar-refractivity contribution is 6.32. The van der Waals surface area contributed by atoms with Crippen molar-refractivity contribution in [3.05, 3.63) is 46.5 Å². The number of nitrogens with one attached hydrogen (secondary N) is 1. The van der Waals surface area contributed by atoms with Crippen molar-refractivity contribution in [2.75, 3.05) is 5.32 Å². The number of anilines is 1. The summed E-state index contributed by atoms with van der Waals surface area (Å²) in [5, 5.41) is 11.0. The van der Waals surface area contributed by atoms with E-state index in [1.807, 2.05) is 6.92 Å². The third-order valence-electron chi connectivity index (χ3n) is 2.58. The number of pyridine rings is 1. The number of hydrogen-bond donors (Lipinski definition) is 1. The molecule has 0 bridgehead atoms. The summed E-state index contributed by atoms with van der Waals surface area (Å²) in [6.45, 7) is 3.72. The zero-order valence-electron chi connectivity index (χ0n) is 10.6. The number of aromatic nitrogens is 3. The highest BCUT2D eigenvalue weighted by Gasteiger charge is 2.14. The Morgan fingerprint density at radius 2 is 2.21 bits per heavy atom. The van der Waals surface area contributed by atoms with Gasteiger partial charge in [0.15, 0.2) is 5.15 Å². The van der Waals surface area contributed by atoms with Crippen LogP contribution in [0.4, 0.5) is 5.69 Å². The molecular weight excluding hydrogens is 264 g/mol. The van der Waals surface area contributed by atoms with Crippen LogP contribution in [-0.2, 0) is 6.42 Å². The number of carbonyl (C=O) groups is 1. The van der Waals surface area contributed by atoms with Gasteiger partial charge in [-0.2, -0.15) is 10.2 Å². The fraction of sp³-hybridized carbons (Fsp3) is 0.231. The predicted octanol–water partition coefficient (Wildman–Crippen LogP) is 2.65. The van der Waals surface area contributed by atoms with Gasteiger partial charge in [0.1, 0.15) is 0 Å². The summed E-state index contributed by atoms with van der Waals surface area (Å²) in [4.78, 5) is 16.1. The average Bonchev–Trinajstić information content (AvgIpc) is 2.41. The lowest BCUT2D eigenvalue weighted by atomic mass is 10.1. The summed E-state index contributed by atoms with van der Waals surface area (Å²) in [6.07, 6.45) is 2.20. The molecule has 0 fully saturated rings. The second-order valence-corrected chi connectivity index (χ2v) is 4.35. The summed E-state index contributed by atoms with van der Waals surface area (Å²) in [5.74, 6) is -0.259. The first-order valence-corrected chi connectivity index (χ1v) is 6.24. The maximum atomic E-state index is 12.2. The molecule has 0 aliphatic rings. The molecule has 0 atom stereocenters. The van der Waals surface area contributed by atoms with Gasteiger partial charge >= 0.3 is 0 Å². The van der Waals surface area contributed by atoms with Crippen LogP contribution in [0.5, 0.6) is 0 Å².